The van der Waals surface area contributed by atoms with Crippen LogP contribution >= 0.6 is 0 Å². The number of esters is 1. The highest BCUT2D eigenvalue weighted by atomic mass is 32.2. The number of ether oxygens (including phenoxy) is 4. The van der Waals surface area contributed by atoms with E-state index in [2.05, 4.69) is 0 Å². The third kappa shape index (κ3) is 3.37. The molecule has 0 spiro atoms. The molecule has 0 aliphatic heterocycles. The fourth-order valence-electron chi connectivity index (χ4n) is 1.77. The first-order chi connectivity index (χ1) is 9.81. The van der Waals surface area contributed by atoms with E-state index >= 15 is 0 Å². The Balaban J connectivity index is 3.80. The molecule has 9 heteroatoms. The number of carbonyl (C=O) groups excluding carboxylic acids is 1. The monoisotopic (exact) mass is 319 g/mol. The number of nitrogens with two attached hydrogens (primary N) is 1. The highest BCUT2D eigenvalue weighted by molar-refractivity contribution is 7.89. The van der Waals surface area contributed by atoms with Gasteiger partial charge in [-0.15, -0.1) is 0 Å². The van der Waals surface area contributed by atoms with Gasteiger partial charge in [-0.2, -0.15) is 0 Å². The molecule has 0 atom stereocenters. The van der Waals surface area contributed by atoms with E-state index in [4.69, 9.17) is 24.1 Å². The molecule has 0 saturated heterocycles. The molecule has 0 aliphatic rings. The summed E-state index contributed by atoms with van der Waals surface area (Å²) in [6.07, 6.45) is 0. The molecule has 0 fully saturated rings. The Morgan fingerprint density at radius 3 is 2.10 bits per heavy atom. The highest BCUT2D eigenvalue weighted by Gasteiger charge is 2.31. The molecular formula is C12H17NO7S. The molecule has 0 heterocycles. The van der Waals surface area contributed by atoms with Gasteiger partial charge in [0.2, 0.25) is 10.0 Å². The zero-order valence-electron chi connectivity index (χ0n) is 12.1. The molecule has 1 rings (SSSR count). The fourth-order valence-corrected chi connectivity index (χ4v) is 2.66. The summed E-state index contributed by atoms with van der Waals surface area (Å²) in [6.45, 7) is 1.73. The molecule has 0 bridgehead atoms. The SMILES string of the molecule is CCOC(=O)c1cc(OC)c(OC)c(S(N)(=O)=O)c1OC. The Morgan fingerprint density at radius 2 is 1.71 bits per heavy atom. The molecule has 1 aromatic carbocycles. The number of primary sulfonamides is 1. The van der Waals surface area contributed by atoms with E-state index in [0.717, 1.165) is 0 Å². The summed E-state index contributed by atoms with van der Waals surface area (Å²) in [5.74, 6) is -1.15. The van der Waals surface area contributed by atoms with Crippen molar-refractivity contribution in [2.45, 2.75) is 11.8 Å². The van der Waals surface area contributed by atoms with E-state index in [1.807, 2.05) is 0 Å². The molecule has 0 radical (unpaired) electrons. The van der Waals surface area contributed by atoms with E-state index in [9.17, 15) is 13.2 Å². The van der Waals surface area contributed by atoms with Crippen LogP contribution in [0.15, 0.2) is 11.0 Å². The number of benzene rings is 1. The van der Waals surface area contributed by atoms with Crippen LogP contribution in [0.1, 0.15) is 17.3 Å². The Hall–Kier alpha value is -2.00. The molecule has 0 aliphatic carbocycles. The number of hydrogen-bond donors (Lipinski definition) is 1. The molecule has 1 aromatic rings. The first kappa shape index (κ1) is 17.1. The Bertz CT molecular complexity index is 639. The number of methoxy groups -OCH3 is 3. The second kappa shape index (κ2) is 6.64. The molecule has 8 nitrogen and oxygen atoms in total. The quantitative estimate of drug-likeness (QED) is 0.761. The van der Waals surface area contributed by atoms with Gasteiger partial charge in [0.25, 0.3) is 0 Å². The Labute approximate surface area is 122 Å². The van der Waals surface area contributed by atoms with E-state index < -0.39 is 20.9 Å². The lowest BCUT2D eigenvalue weighted by Gasteiger charge is -2.17. The summed E-state index contributed by atoms with van der Waals surface area (Å²) in [5.41, 5.74) is -0.124. The minimum atomic E-state index is -4.23. The highest BCUT2D eigenvalue weighted by Crippen LogP contribution is 2.43. The van der Waals surface area contributed by atoms with Crippen LogP contribution in [-0.2, 0) is 14.8 Å². The van der Waals surface area contributed by atoms with Crippen LogP contribution in [0.2, 0.25) is 0 Å². The molecule has 2 N–H and O–H groups in total. The summed E-state index contributed by atoms with van der Waals surface area (Å²) in [5, 5.41) is 5.18. The van der Waals surface area contributed by atoms with Gasteiger partial charge in [0.15, 0.2) is 22.1 Å². The van der Waals surface area contributed by atoms with Crippen molar-refractivity contribution in [3.8, 4) is 17.2 Å². The molecule has 21 heavy (non-hydrogen) atoms. The number of sulfonamides is 1. The van der Waals surface area contributed by atoms with E-state index in [1.165, 1.54) is 27.4 Å². The van der Waals surface area contributed by atoms with Crippen LogP contribution in [-0.4, -0.2) is 42.3 Å². The number of carbonyl (C=O) groups is 1. The van der Waals surface area contributed by atoms with Crippen LogP contribution in [0.4, 0.5) is 0 Å². The zero-order chi connectivity index (χ0) is 16.2. The second-order valence-electron chi connectivity index (χ2n) is 3.79. The van der Waals surface area contributed by atoms with Gasteiger partial charge in [-0.3, -0.25) is 0 Å². The lowest BCUT2D eigenvalue weighted by atomic mass is 10.1. The van der Waals surface area contributed by atoms with Crippen LogP contribution in [0.25, 0.3) is 0 Å². The molecule has 0 saturated carbocycles. The maximum atomic E-state index is 11.9. The third-order valence-electron chi connectivity index (χ3n) is 2.56. The smallest absolute Gasteiger partial charge is 0.342 e. The van der Waals surface area contributed by atoms with Crippen molar-refractivity contribution in [3.05, 3.63) is 11.6 Å². The number of hydrogen-bond acceptors (Lipinski definition) is 7. The van der Waals surface area contributed by atoms with Crippen LogP contribution in [0.3, 0.4) is 0 Å². The minimum absolute atomic E-state index is 0.0189. The van der Waals surface area contributed by atoms with Crippen LogP contribution < -0.4 is 19.3 Å². The van der Waals surface area contributed by atoms with Gasteiger partial charge >= 0.3 is 5.97 Å². The van der Waals surface area contributed by atoms with E-state index in [-0.39, 0.29) is 29.4 Å². The lowest BCUT2D eigenvalue weighted by molar-refractivity contribution is 0.0521. The topological polar surface area (TPSA) is 114 Å². The normalized spacial score (nSPS) is 10.9. The van der Waals surface area contributed by atoms with Gasteiger partial charge in [-0.05, 0) is 6.92 Å². The van der Waals surface area contributed by atoms with Gasteiger partial charge in [0.05, 0.1) is 27.9 Å². The summed E-state index contributed by atoms with van der Waals surface area (Å²) in [6, 6.07) is 1.27. The Kier molecular flexibility index (Phi) is 5.39. The molecular weight excluding hydrogens is 302 g/mol. The summed E-state index contributed by atoms with van der Waals surface area (Å²) < 4.78 is 43.5. The predicted octanol–water partition coefficient (Wildman–Crippen LogP) is 0.536. The first-order valence-electron chi connectivity index (χ1n) is 5.84. The third-order valence-corrected chi connectivity index (χ3v) is 3.50. The van der Waals surface area contributed by atoms with Gasteiger partial charge in [0, 0.05) is 6.07 Å². The average molecular weight is 319 g/mol. The Morgan fingerprint density at radius 1 is 1.14 bits per heavy atom. The van der Waals surface area contributed by atoms with Gasteiger partial charge in [-0.1, -0.05) is 0 Å². The van der Waals surface area contributed by atoms with Crippen molar-refractivity contribution in [3.63, 3.8) is 0 Å². The lowest BCUT2D eigenvalue weighted by Crippen LogP contribution is -2.18. The summed E-state index contributed by atoms with van der Waals surface area (Å²) >= 11 is 0. The second-order valence-corrected chi connectivity index (χ2v) is 5.29. The predicted molar refractivity (Wildman–Crippen MR) is 73.4 cm³/mol. The number of rotatable bonds is 6. The van der Waals surface area contributed by atoms with Crippen molar-refractivity contribution in [1.29, 1.82) is 0 Å². The van der Waals surface area contributed by atoms with Crippen LogP contribution in [0, 0.1) is 0 Å². The maximum Gasteiger partial charge on any atom is 0.342 e. The largest absolute Gasteiger partial charge is 0.494 e. The first-order valence-corrected chi connectivity index (χ1v) is 7.39. The van der Waals surface area contributed by atoms with Crippen molar-refractivity contribution in [2.24, 2.45) is 5.14 Å². The molecule has 0 unspecified atom stereocenters. The van der Waals surface area contributed by atoms with Crippen molar-refractivity contribution in [1.82, 2.24) is 0 Å². The average Bonchev–Trinajstić information content (AvgIpc) is 2.43. The van der Waals surface area contributed by atoms with Gasteiger partial charge in [0.1, 0.15) is 5.56 Å². The van der Waals surface area contributed by atoms with E-state index in [1.54, 1.807) is 6.92 Å². The van der Waals surface area contributed by atoms with Crippen molar-refractivity contribution < 1.29 is 32.2 Å². The zero-order valence-corrected chi connectivity index (χ0v) is 12.9. The van der Waals surface area contributed by atoms with Gasteiger partial charge < -0.3 is 18.9 Å². The summed E-state index contributed by atoms with van der Waals surface area (Å²) in [7, 11) is -0.479. The van der Waals surface area contributed by atoms with E-state index in [0.29, 0.717) is 0 Å². The summed E-state index contributed by atoms with van der Waals surface area (Å²) in [4.78, 5) is 11.5. The molecule has 0 aromatic heterocycles. The van der Waals surface area contributed by atoms with Crippen molar-refractivity contribution >= 4 is 16.0 Å². The van der Waals surface area contributed by atoms with Crippen LogP contribution in [0.5, 0.6) is 17.2 Å². The fraction of sp³-hybridized carbons (Fsp3) is 0.417. The van der Waals surface area contributed by atoms with Gasteiger partial charge in [-0.25, -0.2) is 18.4 Å². The standard InChI is InChI=1S/C12H17NO7S/c1-5-20-12(14)7-6-8(17-2)10(19-4)11(9(7)18-3)21(13,15)16/h6H,5H2,1-4H3,(H2,13,15,16). The minimum Gasteiger partial charge on any atom is -0.494 e. The molecule has 118 valence electrons. The molecule has 0 amide bonds. The maximum absolute atomic E-state index is 11.9. The van der Waals surface area contributed by atoms with Crippen molar-refractivity contribution in [2.75, 3.05) is 27.9 Å².